The van der Waals surface area contributed by atoms with Gasteiger partial charge in [-0.1, -0.05) is 18.2 Å². The zero-order valence-corrected chi connectivity index (χ0v) is 19.4. The Bertz CT molecular complexity index is 905. The van der Waals surface area contributed by atoms with Gasteiger partial charge in [0.05, 0.1) is 27.9 Å². The van der Waals surface area contributed by atoms with Crippen LogP contribution in [0.2, 0.25) is 0 Å². The molecule has 0 saturated carbocycles. The molecule has 1 aliphatic rings. The molecule has 1 heterocycles. The molecule has 0 spiro atoms. The summed E-state index contributed by atoms with van der Waals surface area (Å²) in [6.45, 7) is 4.23. The lowest BCUT2D eigenvalue weighted by Gasteiger charge is -2.34. The number of para-hydroxylation sites is 1. The van der Waals surface area contributed by atoms with Crippen LogP contribution < -0.4 is 24.8 Å². The molecular formula is C24H32N4O5. The molecule has 3 rings (SSSR count). The number of rotatable bonds is 10. The van der Waals surface area contributed by atoms with Crippen molar-refractivity contribution >= 4 is 23.2 Å². The minimum atomic E-state index is -0.0889. The molecule has 0 atom stereocenters. The molecule has 1 fully saturated rings. The summed E-state index contributed by atoms with van der Waals surface area (Å²) >= 11 is 0. The van der Waals surface area contributed by atoms with E-state index in [0.29, 0.717) is 42.4 Å². The van der Waals surface area contributed by atoms with Gasteiger partial charge in [-0.3, -0.25) is 14.5 Å². The summed E-state index contributed by atoms with van der Waals surface area (Å²) in [7, 11) is 4.61. The Morgan fingerprint density at radius 2 is 1.36 bits per heavy atom. The zero-order valence-electron chi connectivity index (χ0n) is 19.4. The zero-order chi connectivity index (χ0) is 23.6. The number of hydrogen-bond donors (Lipinski definition) is 2. The Balaban J connectivity index is 1.41. The number of anilines is 2. The van der Waals surface area contributed by atoms with Crippen LogP contribution in [0.15, 0.2) is 42.5 Å². The molecular weight excluding hydrogens is 424 g/mol. The highest BCUT2D eigenvalue weighted by Gasteiger charge is 2.20. The van der Waals surface area contributed by atoms with Gasteiger partial charge in [-0.2, -0.15) is 0 Å². The van der Waals surface area contributed by atoms with Crippen LogP contribution in [-0.2, 0) is 9.59 Å². The van der Waals surface area contributed by atoms with Crippen LogP contribution in [0.1, 0.15) is 6.42 Å². The largest absolute Gasteiger partial charge is 0.493 e. The van der Waals surface area contributed by atoms with E-state index in [9.17, 15) is 9.59 Å². The number of carbonyl (C=O) groups excluding carboxylic acids is 2. The van der Waals surface area contributed by atoms with Gasteiger partial charge in [0.2, 0.25) is 17.6 Å². The van der Waals surface area contributed by atoms with Gasteiger partial charge in [-0.05, 0) is 12.1 Å². The van der Waals surface area contributed by atoms with Crippen LogP contribution >= 0.6 is 0 Å². The second-order valence-electron chi connectivity index (χ2n) is 7.74. The molecule has 9 heteroatoms. The first-order valence-corrected chi connectivity index (χ1v) is 10.9. The Morgan fingerprint density at radius 1 is 0.788 bits per heavy atom. The van der Waals surface area contributed by atoms with Gasteiger partial charge in [0, 0.05) is 62.7 Å². The standard InChI is InChI=1S/C24H32N4O5/c1-31-20-15-19(16-21(32-2)24(20)33-3)26-22(29)9-10-27-11-13-28(14-12-27)17-23(30)25-18-7-5-4-6-8-18/h4-8,15-16H,9-14,17H2,1-3H3,(H,25,30)(H,26,29). The summed E-state index contributed by atoms with van der Waals surface area (Å²) in [5, 5.41) is 5.81. The van der Waals surface area contributed by atoms with E-state index >= 15 is 0 Å². The molecule has 0 unspecified atom stereocenters. The van der Waals surface area contributed by atoms with Gasteiger partial charge in [0.1, 0.15) is 0 Å². The van der Waals surface area contributed by atoms with E-state index in [4.69, 9.17) is 14.2 Å². The van der Waals surface area contributed by atoms with Crippen LogP contribution in [0, 0.1) is 0 Å². The van der Waals surface area contributed by atoms with Gasteiger partial charge in [-0.25, -0.2) is 0 Å². The Kier molecular flexibility index (Phi) is 8.91. The van der Waals surface area contributed by atoms with Crippen LogP contribution in [-0.4, -0.2) is 82.2 Å². The highest BCUT2D eigenvalue weighted by molar-refractivity contribution is 5.92. The Labute approximate surface area is 194 Å². The van der Waals surface area contributed by atoms with Crippen LogP contribution in [0.4, 0.5) is 11.4 Å². The van der Waals surface area contributed by atoms with E-state index in [-0.39, 0.29) is 11.8 Å². The minimum Gasteiger partial charge on any atom is -0.493 e. The fourth-order valence-corrected chi connectivity index (χ4v) is 3.73. The summed E-state index contributed by atoms with van der Waals surface area (Å²) in [4.78, 5) is 29.1. The fraction of sp³-hybridized carbons (Fsp3) is 0.417. The number of carbonyl (C=O) groups is 2. The molecule has 33 heavy (non-hydrogen) atoms. The number of methoxy groups -OCH3 is 3. The number of ether oxygens (including phenoxy) is 3. The summed E-state index contributed by atoms with van der Waals surface area (Å²) in [5.74, 6) is 1.35. The number of hydrogen-bond acceptors (Lipinski definition) is 7. The van der Waals surface area contributed by atoms with Crippen molar-refractivity contribution in [3.05, 3.63) is 42.5 Å². The molecule has 1 aliphatic heterocycles. The maximum atomic E-state index is 12.5. The second kappa shape index (κ2) is 12.1. The van der Waals surface area contributed by atoms with Crippen molar-refractivity contribution in [2.75, 3.05) is 71.2 Å². The average molecular weight is 457 g/mol. The number of nitrogens with one attached hydrogen (secondary N) is 2. The van der Waals surface area contributed by atoms with Crippen molar-refractivity contribution in [1.82, 2.24) is 9.80 Å². The smallest absolute Gasteiger partial charge is 0.238 e. The van der Waals surface area contributed by atoms with Gasteiger partial charge in [-0.15, -0.1) is 0 Å². The topological polar surface area (TPSA) is 92.4 Å². The van der Waals surface area contributed by atoms with Gasteiger partial charge >= 0.3 is 0 Å². The van der Waals surface area contributed by atoms with E-state index in [2.05, 4.69) is 20.4 Å². The molecule has 2 aromatic carbocycles. The van der Waals surface area contributed by atoms with Crippen LogP contribution in [0.25, 0.3) is 0 Å². The number of benzene rings is 2. The van der Waals surface area contributed by atoms with E-state index < -0.39 is 0 Å². The second-order valence-corrected chi connectivity index (χ2v) is 7.74. The van der Waals surface area contributed by atoms with Crippen LogP contribution in [0.3, 0.4) is 0 Å². The molecule has 2 N–H and O–H groups in total. The first kappa shape index (κ1) is 24.3. The quantitative estimate of drug-likeness (QED) is 0.567. The average Bonchev–Trinajstić information content (AvgIpc) is 2.83. The van der Waals surface area contributed by atoms with Gasteiger partial charge < -0.3 is 29.7 Å². The molecule has 9 nitrogen and oxygen atoms in total. The predicted octanol–water partition coefficient (Wildman–Crippen LogP) is 2.30. The molecule has 0 bridgehead atoms. The van der Waals surface area contributed by atoms with Crippen molar-refractivity contribution in [3.8, 4) is 17.2 Å². The maximum absolute atomic E-state index is 12.5. The van der Waals surface area contributed by atoms with Gasteiger partial charge in [0.25, 0.3) is 0 Å². The summed E-state index contributed by atoms with van der Waals surface area (Å²) in [5.41, 5.74) is 1.39. The van der Waals surface area contributed by atoms with Crippen LogP contribution in [0.5, 0.6) is 17.2 Å². The third-order valence-electron chi connectivity index (χ3n) is 5.49. The Hall–Kier alpha value is -3.30. The Morgan fingerprint density at radius 3 is 1.94 bits per heavy atom. The van der Waals surface area contributed by atoms with Gasteiger partial charge in [0.15, 0.2) is 11.5 Å². The molecule has 178 valence electrons. The van der Waals surface area contributed by atoms with Crippen molar-refractivity contribution in [1.29, 1.82) is 0 Å². The molecule has 2 aromatic rings. The molecule has 0 aliphatic carbocycles. The molecule has 0 aromatic heterocycles. The molecule has 2 amide bonds. The fourth-order valence-electron chi connectivity index (χ4n) is 3.73. The van der Waals surface area contributed by atoms with E-state index in [1.54, 1.807) is 12.1 Å². The van der Waals surface area contributed by atoms with E-state index in [0.717, 1.165) is 31.9 Å². The van der Waals surface area contributed by atoms with E-state index in [1.165, 1.54) is 21.3 Å². The first-order valence-electron chi connectivity index (χ1n) is 10.9. The summed E-state index contributed by atoms with van der Waals surface area (Å²) < 4.78 is 16.0. The SMILES string of the molecule is COc1cc(NC(=O)CCN2CCN(CC(=O)Nc3ccccc3)CC2)cc(OC)c1OC. The number of piperazine rings is 1. The first-order chi connectivity index (χ1) is 16.0. The van der Waals surface area contributed by atoms with E-state index in [1.807, 2.05) is 30.3 Å². The summed E-state index contributed by atoms with van der Waals surface area (Å²) in [6, 6.07) is 12.9. The lowest BCUT2D eigenvalue weighted by molar-refractivity contribution is -0.117. The van der Waals surface area contributed by atoms with Crippen molar-refractivity contribution < 1.29 is 23.8 Å². The molecule has 0 radical (unpaired) electrons. The third-order valence-corrected chi connectivity index (χ3v) is 5.49. The highest BCUT2D eigenvalue weighted by Crippen LogP contribution is 2.39. The minimum absolute atomic E-state index is 0.0145. The van der Waals surface area contributed by atoms with Crippen molar-refractivity contribution in [2.24, 2.45) is 0 Å². The maximum Gasteiger partial charge on any atom is 0.238 e. The summed E-state index contributed by atoms with van der Waals surface area (Å²) in [6.07, 6.45) is 0.366. The number of nitrogens with zero attached hydrogens (tertiary/aromatic N) is 2. The third kappa shape index (κ3) is 7.10. The van der Waals surface area contributed by atoms with Crippen molar-refractivity contribution in [2.45, 2.75) is 6.42 Å². The predicted molar refractivity (Wildman–Crippen MR) is 127 cm³/mol. The van der Waals surface area contributed by atoms with Crippen molar-refractivity contribution in [3.63, 3.8) is 0 Å². The highest BCUT2D eigenvalue weighted by atomic mass is 16.5. The monoisotopic (exact) mass is 456 g/mol. The molecule has 1 saturated heterocycles. The normalized spacial score (nSPS) is 14.4. The lowest BCUT2D eigenvalue weighted by Crippen LogP contribution is -2.49. The lowest BCUT2D eigenvalue weighted by atomic mass is 10.2. The number of amides is 2.